The van der Waals surface area contributed by atoms with Crippen molar-refractivity contribution in [3.8, 4) is 5.75 Å². The molecule has 4 aromatic rings. The number of hydrogen-bond donors (Lipinski definition) is 4. The fraction of sp³-hybridized carbons (Fsp3) is 0.182. The van der Waals surface area contributed by atoms with Crippen LogP contribution in [-0.2, 0) is 16.0 Å². The quantitative estimate of drug-likeness (QED) is 0.320. The van der Waals surface area contributed by atoms with Crippen molar-refractivity contribution in [3.05, 3.63) is 64.6 Å². The van der Waals surface area contributed by atoms with Gasteiger partial charge < -0.3 is 24.9 Å². The summed E-state index contributed by atoms with van der Waals surface area (Å²) >= 11 is 0. The Morgan fingerprint density at radius 2 is 2.06 bits per heavy atom. The molecule has 0 aliphatic rings. The predicted octanol–water partition coefficient (Wildman–Crippen LogP) is 1.34. The van der Waals surface area contributed by atoms with Gasteiger partial charge in [-0.1, -0.05) is 0 Å². The monoisotopic (exact) mass is 436 g/mol. The minimum atomic E-state index is -1.17. The summed E-state index contributed by atoms with van der Waals surface area (Å²) in [4.78, 5) is 37.0. The topological polar surface area (TPSA) is 147 Å². The van der Waals surface area contributed by atoms with E-state index in [0.717, 1.165) is 10.9 Å². The second-order valence-corrected chi connectivity index (χ2v) is 7.09. The van der Waals surface area contributed by atoms with Gasteiger partial charge in [0, 0.05) is 28.6 Å². The highest BCUT2D eigenvalue weighted by atomic mass is 16.5. The molecule has 10 nitrogen and oxygen atoms in total. The Labute approximate surface area is 181 Å². The third kappa shape index (κ3) is 4.44. The third-order valence-electron chi connectivity index (χ3n) is 4.93. The molecule has 0 saturated carbocycles. The number of carbonyl (C=O) groups is 2. The molecule has 0 aliphatic carbocycles. The van der Waals surface area contributed by atoms with Crippen molar-refractivity contribution < 1.29 is 23.8 Å². The van der Waals surface area contributed by atoms with E-state index in [2.05, 4.69) is 20.8 Å². The molecule has 32 heavy (non-hydrogen) atoms. The lowest BCUT2D eigenvalue weighted by Crippen LogP contribution is -2.46. The van der Waals surface area contributed by atoms with Crippen LogP contribution in [0.4, 0.5) is 5.69 Å². The average molecular weight is 436 g/mol. The van der Waals surface area contributed by atoms with E-state index in [0.29, 0.717) is 22.4 Å². The molecule has 0 saturated heterocycles. The van der Waals surface area contributed by atoms with E-state index in [9.17, 15) is 19.5 Å². The molecule has 4 rings (SSSR count). The van der Waals surface area contributed by atoms with Crippen LogP contribution in [-0.4, -0.2) is 46.9 Å². The number of fused-ring (bicyclic) bond motifs is 2. The molecule has 2 heterocycles. The molecule has 4 N–H and O–H groups in total. The van der Waals surface area contributed by atoms with Crippen LogP contribution in [0.15, 0.2) is 57.9 Å². The van der Waals surface area contributed by atoms with Crippen molar-refractivity contribution in [1.29, 1.82) is 0 Å². The summed E-state index contributed by atoms with van der Waals surface area (Å²) in [5, 5.41) is 23.0. The fourth-order valence-corrected chi connectivity index (χ4v) is 3.34. The number of amides is 2. The van der Waals surface area contributed by atoms with Crippen LogP contribution in [0.5, 0.6) is 5.75 Å². The molecule has 2 amide bonds. The van der Waals surface area contributed by atoms with Gasteiger partial charge in [0.15, 0.2) is 0 Å². The number of nitrogens with zero attached hydrogens (tertiary/aromatic N) is 1. The lowest BCUT2D eigenvalue weighted by Gasteiger charge is -2.16. The standard InChI is InChI=1S/C22H20N4O6/c1-31-15-4-5-16-13(7-21(29)32-19(16)9-15)6-20(28)25-18(11-27)22(30)24-14-3-2-12-10-23-26-17(12)8-14/h2-5,7-10,18,27H,6,11H2,1H3,(H,23,26)(H,24,30)(H,25,28). The first-order chi connectivity index (χ1) is 15.5. The van der Waals surface area contributed by atoms with Gasteiger partial charge in [0.2, 0.25) is 11.8 Å². The first-order valence-corrected chi connectivity index (χ1v) is 9.72. The van der Waals surface area contributed by atoms with E-state index in [-0.39, 0.29) is 12.0 Å². The van der Waals surface area contributed by atoms with E-state index in [1.165, 1.54) is 13.2 Å². The second kappa shape index (κ2) is 8.90. The van der Waals surface area contributed by atoms with Gasteiger partial charge in [-0.15, -0.1) is 0 Å². The predicted molar refractivity (Wildman–Crippen MR) is 116 cm³/mol. The van der Waals surface area contributed by atoms with Crippen molar-refractivity contribution in [1.82, 2.24) is 15.5 Å². The highest BCUT2D eigenvalue weighted by molar-refractivity contribution is 5.99. The van der Waals surface area contributed by atoms with E-state index in [1.54, 1.807) is 42.6 Å². The summed E-state index contributed by atoms with van der Waals surface area (Å²) in [5.74, 6) is -0.611. The Hall–Kier alpha value is -4.18. The number of aromatic amines is 1. The second-order valence-electron chi connectivity index (χ2n) is 7.09. The van der Waals surface area contributed by atoms with Crippen LogP contribution in [0, 0.1) is 0 Å². The molecule has 0 bridgehead atoms. The van der Waals surface area contributed by atoms with Gasteiger partial charge in [0.1, 0.15) is 17.4 Å². The van der Waals surface area contributed by atoms with Crippen LogP contribution in [0.3, 0.4) is 0 Å². The molecule has 1 atom stereocenters. The van der Waals surface area contributed by atoms with Crippen molar-refractivity contribution in [2.24, 2.45) is 0 Å². The highest BCUT2D eigenvalue weighted by Gasteiger charge is 2.21. The molecule has 0 fully saturated rings. The zero-order valence-electron chi connectivity index (χ0n) is 17.0. The summed E-state index contributed by atoms with van der Waals surface area (Å²) in [6, 6.07) is 10.1. The number of methoxy groups -OCH3 is 1. The number of rotatable bonds is 7. The lowest BCUT2D eigenvalue weighted by molar-refractivity contribution is -0.126. The number of nitrogens with one attached hydrogen (secondary N) is 3. The Morgan fingerprint density at radius 1 is 1.22 bits per heavy atom. The largest absolute Gasteiger partial charge is 0.497 e. The summed E-state index contributed by atoms with van der Waals surface area (Å²) in [5.41, 5.74) is 1.32. The molecule has 1 unspecified atom stereocenters. The number of H-pyrrole nitrogens is 1. The molecule has 0 aliphatic heterocycles. The van der Waals surface area contributed by atoms with Crippen LogP contribution in [0.1, 0.15) is 5.56 Å². The minimum absolute atomic E-state index is 0.182. The van der Waals surface area contributed by atoms with Crippen LogP contribution in [0.2, 0.25) is 0 Å². The lowest BCUT2D eigenvalue weighted by atomic mass is 10.1. The van der Waals surface area contributed by atoms with Crippen LogP contribution >= 0.6 is 0 Å². The zero-order valence-corrected chi connectivity index (χ0v) is 17.0. The van der Waals surface area contributed by atoms with Crippen molar-refractivity contribution in [2.45, 2.75) is 12.5 Å². The smallest absolute Gasteiger partial charge is 0.336 e. The summed E-state index contributed by atoms with van der Waals surface area (Å²) < 4.78 is 10.3. The first-order valence-electron chi connectivity index (χ1n) is 9.72. The summed E-state index contributed by atoms with van der Waals surface area (Å²) in [6.45, 7) is -0.598. The molecular formula is C22H20N4O6. The van der Waals surface area contributed by atoms with Gasteiger partial charge in [-0.3, -0.25) is 14.7 Å². The van der Waals surface area contributed by atoms with E-state index >= 15 is 0 Å². The van der Waals surface area contributed by atoms with E-state index in [1.807, 2.05) is 0 Å². The van der Waals surface area contributed by atoms with E-state index in [4.69, 9.17) is 9.15 Å². The Morgan fingerprint density at radius 3 is 2.84 bits per heavy atom. The zero-order chi connectivity index (χ0) is 22.7. The van der Waals surface area contributed by atoms with Crippen molar-refractivity contribution in [2.75, 3.05) is 19.0 Å². The Kier molecular flexibility index (Phi) is 5.86. The normalized spacial score (nSPS) is 11.9. The van der Waals surface area contributed by atoms with Gasteiger partial charge in [-0.25, -0.2) is 4.79 Å². The van der Waals surface area contributed by atoms with E-state index < -0.39 is 30.1 Å². The van der Waals surface area contributed by atoms with Gasteiger partial charge >= 0.3 is 5.63 Å². The molecule has 2 aromatic carbocycles. The van der Waals surface area contributed by atoms with Crippen molar-refractivity contribution in [3.63, 3.8) is 0 Å². The average Bonchev–Trinajstić information content (AvgIpc) is 3.24. The van der Waals surface area contributed by atoms with Crippen LogP contribution in [0.25, 0.3) is 21.9 Å². The van der Waals surface area contributed by atoms with Crippen molar-refractivity contribution >= 4 is 39.4 Å². The third-order valence-corrected chi connectivity index (χ3v) is 4.93. The number of anilines is 1. The Balaban J connectivity index is 1.47. The summed E-state index contributed by atoms with van der Waals surface area (Å²) in [6.07, 6.45) is 1.47. The number of ether oxygens (including phenoxy) is 1. The van der Waals surface area contributed by atoms with Gasteiger partial charge in [-0.05, 0) is 35.9 Å². The maximum atomic E-state index is 12.6. The minimum Gasteiger partial charge on any atom is -0.497 e. The van der Waals surface area contributed by atoms with Crippen LogP contribution < -0.4 is 21.0 Å². The van der Waals surface area contributed by atoms with Gasteiger partial charge in [0.25, 0.3) is 0 Å². The molecule has 0 spiro atoms. The molecular weight excluding hydrogens is 416 g/mol. The number of aliphatic hydroxyl groups is 1. The number of benzene rings is 2. The molecule has 2 aromatic heterocycles. The van der Waals surface area contributed by atoms with Gasteiger partial charge in [0.05, 0.1) is 31.9 Å². The Bertz CT molecular complexity index is 1360. The maximum Gasteiger partial charge on any atom is 0.336 e. The first kappa shape index (κ1) is 21.1. The summed E-state index contributed by atoms with van der Waals surface area (Å²) in [7, 11) is 1.49. The highest BCUT2D eigenvalue weighted by Crippen LogP contribution is 2.23. The fourth-order valence-electron chi connectivity index (χ4n) is 3.34. The molecule has 0 radical (unpaired) electrons. The number of hydrogen-bond acceptors (Lipinski definition) is 7. The SMILES string of the molecule is COc1ccc2c(CC(=O)NC(CO)C(=O)Nc3ccc4cn[nH]c4c3)cc(=O)oc2c1. The van der Waals surface area contributed by atoms with Gasteiger partial charge in [-0.2, -0.15) is 5.10 Å². The number of aromatic nitrogens is 2. The maximum absolute atomic E-state index is 12.6. The molecule has 164 valence electrons. The molecule has 10 heteroatoms. The number of aliphatic hydroxyl groups excluding tert-OH is 1. The number of carbonyl (C=O) groups excluding carboxylic acids is 2.